The third-order valence-electron chi connectivity index (χ3n) is 7.90. The number of halogens is 6. The van der Waals surface area contributed by atoms with E-state index in [9.17, 15) is 26.3 Å². The first kappa shape index (κ1) is 70.6. The van der Waals surface area contributed by atoms with E-state index < -0.39 is 56.6 Å². The Hall–Kier alpha value is -0.420. The monoisotopic (exact) mass is 1080 g/mol. The van der Waals surface area contributed by atoms with Crippen molar-refractivity contribution in [1.29, 1.82) is 0 Å². The Morgan fingerprint density at radius 2 is 0.671 bits per heavy atom. The highest BCUT2D eigenvalue weighted by molar-refractivity contribution is 4.61. The number of rotatable bonds is 7. The third kappa shape index (κ3) is 274. The topological polar surface area (TPSA) is 0 Å². The summed E-state index contributed by atoms with van der Waals surface area (Å²) >= 11 is 0. The molecule has 0 N–H and O–H groups in total. The number of hydrogen-bond acceptors (Lipinski definition) is 0. The minimum absolute atomic E-state index is 0.0556. The smallest absolute Gasteiger partial charge is 0.171 e. The molecule has 0 aliphatic heterocycles. The molecule has 6 heteroatoms. The summed E-state index contributed by atoms with van der Waals surface area (Å²) in [4.78, 5) is 0. The Morgan fingerprint density at radius 1 is 0.493 bits per heavy atom. The van der Waals surface area contributed by atoms with Crippen LogP contribution in [-0.2, 0) is 0 Å². The zero-order valence-corrected chi connectivity index (χ0v) is 56.6. The quantitative estimate of drug-likeness (QED) is 0.223. The summed E-state index contributed by atoms with van der Waals surface area (Å²) in [5, 5.41) is 0. The van der Waals surface area contributed by atoms with E-state index in [0.29, 0.717) is 24.7 Å². The van der Waals surface area contributed by atoms with E-state index in [4.69, 9.17) is 16.4 Å². The van der Waals surface area contributed by atoms with Crippen molar-refractivity contribution in [3.8, 4) is 0 Å². The number of hydrogen-bond donors (Lipinski definition) is 0. The van der Waals surface area contributed by atoms with Crippen LogP contribution >= 0.6 is 0 Å². The van der Waals surface area contributed by atoms with Crippen molar-refractivity contribution >= 4 is 0 Å². The van der Waals surface area contributed by atoms with Crippen LogP contribution in [-0.4, -0.2) is 12.4 Å². The number of unbranched alkanes of at least 4 members (excludes halogenated alkanes) is 1. The molecule has 2 rings (SSSR count). The first-order valence-corrected chi connectivity index (χ1v) is 29.0. The molecule has 0 aromatic carbocycles. The Balaban J connectivity index is -0.0000000684. The summed E-state index contributed by atoms with van der Waals surface area (Å²) in [6.45, 7) is 63.6. The molecule has 462 valence electrons. The van der Waals surface area contributed by atoms with Gasteiger partial charge in [0.15, 0.2) is 0 Å². The zero-order chi connectivity index (χ0) is 72.3. The lowest BCUT2D eigenvalue weighted by molar-refractivity contribution is -0.144. The van der Waals surface area contributed by atoms with Gasteiger partial charge in [-0.25, -0.2) is 0 Å². The molecule has 0 aromatic rings. The maximum absolute atomic E-state index is 11.5. The lowest BCUT2D eigenvalue weighted by Crippen LogP contribution is -2.12. The molecule has 0 spiro atoms. The summed E-state index contributed by atoms with van der Waals surface area (Å²) in [5.41, 5.74) is -0.292. The van der Waals surface area contributed by atoms with Gasteiger partial charge in [-0.2, -0.15) is 26.3 Å². The molecule has 0 aromatic heterocycles. The van der Waals surface area contributed by atoms with E-state index in [1.165, 1.54) is 51.4 Å². The van der Waals surface area contributed by atoms with Crippen LogP contribution in [0.15, 0.2) is 0 Å². The SMILES string of the molecule is CC.CC(C)(C)C.CC(C)C.CCC.CCC(C)CC(F)(F)F.CCC(C)CC(F)(F)F.CCCC.[2H]C(C)(C)C.[2H]C([2H])(C)C(C)(C)C.[2H]C([2H])(C)C(C)C.[2H]C([2H])(C)CC.[2H]C([2H])([2H])C(C)(C)C.[2H]C1(C)CCCC1.[2H]C1(C)CCCCC1. The van der Waals surface area contributed by atoms with Gasteiger partial charge in [-0.15, -0.1) is 0 Å². The van der Waals surface area contributed by atoms with Crippen LogP contribution in [0.5, 0.6) is 0 Å². The van der Waals surface area contributed by atoms with Crippen LogP contribution in [0.2, 0.25) is 0 Å². The van der Waals surface area contributed by atoms with Gasteiger partial charge >= 0.3 is 12.4 Å². The standard InChI is InChI=1S/C7H14.2C6H11F3.C6H12.C6H14.3C5H12.4C4H10.C3H8.C2H6/c1-7-5-3-2-4-6-7;2*1-3-5(2)4-6(7,8)9;1-6-4-2-3-5-6;1-5-6(2,3)4;2*1-5(2,3)4;1-4-5(2)3;2*1-4(2)3;2*1-3-4-2;1-3-2;1-2/h7H,2-6H2,1H3;2*5H,3-4H2,1-2H3;6H,2-5H2,1H3;5H2,1-4H3;2*1-4H3;5H,4H2,1-3H3;2*4H,1-3H3;2*3-4H2,1-2H3;3H2,1-2H3;1-2H3/i7D;;;6D;5D2;1D3;;4D2;4D;;3D2;;;. The Labute approximate surface area is 482 Å². The Bertz CT molecular complexity index is 1200. The molecule has 2 aliphatic rings. The van der Waals surface area contributed by atoms with Crippen LogP contribution in [0, 0.1) is 57.6 Å². The predicted octanol–water partition coefficient (Wildman–Crippen LogP) is 28.7. The molecule has 0 radical (unpaired) electrons. The highest BCUT2D eigenvalue weighted by Crippen LogP contribution is 2.27. The molecule has 2 saturated carbocycles. The summed E-state index contributed by atoms with van der Waals surface area (Å²) in [5.74, 6) is 0.126. The fraction of sp³-hybridized carbons (Fsp3) is 1.00. The van der Waals surface area contributed by atoms with E-state index in [1.54, 1.807) is 69.2 Å². The van der Waals surface area contributed by atoms with Crippen molar-refractivity contribution in [2.24, 2.45) is 57.6 Å². The van der Waals surface area contributed by atoms with Crippen molar-refractivity contribution < 1.29 is 42.8 Å². The van der Waals surface area contributed by atoms with E-state index >= 15 is 0 Å². The van der Waals surface area contributed by atoms with Crippen molar-refractivity contribution in [3.05, 3.63) is 0 Å². The van der Waals surface area contributed by atoms with Gasteiger partial charge in [0.05, 0.1) is 0 Å². The molecule has 2 atom stereocenters. The van der Waals surface area contributed by atoms with Crippen molar-refractivity contribution in [2.45, 2.75) is 383 Å². The normalized spacial score (nSPS) is 18.0. The maximum atomic E-state index is 11.5. The highest BCUT2D eigenvalue weighted by atomic mass is 19.4. The van der Waals surface area contributed by atoms with Crippen LogP contribution < -0.4 is 0 Å². The molecule has 0 heterocycles. The van der Waals surface area contributed by atoms with Gasteiger partial charge < -0.3 is 0 Å². The average molecular weight is 1080 g/mol. The van der Waals surface area contributed by atoms with Crippen LogP contribution in [0.4, 0.5) is 26.3 Å². The lowest BCUT2D eigenvalue weighted by atomic mass is 9.91. The maximum Gasteiger partial charge on any atom is 0.389 e. The highest BCUT2D eigenvalue weighted by Gasteiger charge is 2.29. The average Bonchev–Trinajstić information content (AvgIpc) is 3.65. The van der Waals surface area contributed by atoms with E-state index in [-0.39, 0.29) is 40.9 Å². The minimum atomic E-state index is -3.98. The second-order valence-corrected chi connectivity index (χ2v) is 24.2. The molecule has 2 unspecified atom stereocenters. The largest absolute Gasteiger partial charge is 0.389 e. The molecule has 0 amide bonds. The second-order valence-electron chi connectivity index (χ2n) is 24.2. The Kier molecular flexibility index (Phi) is 69.2. The summed E-state index contributed by atoms with van der Waals surface area (Å²) in [7, 11) is 0. The molecule has 0 bridgehead atoms. The number of alkyl halides is 6. The summed E-state index contributed by atoms with van der Waals surface area (Å²) < 4.78 is 154. The zero-order valence-electron chi connectivity index (χ0n) is 68.6. The molecular weight excluding hydrogens is 919 g/mol. The van der Waals surface area contributed by atoms with Crippen molar-refractivity contribution in [1.82, 2.24) is 0 Å². The van der Waals surface area contributed by atoms with Gasteiger partial charge in [0, 0.05) is 29.3 Å². The van der Waals surface area contributed by atoms with Gasteiger partial charge in [-0.1, -0.05) is 358 Å². The fourth-order valence-electron chi connectivity index (χ4n) is 3.21. The molecule has 2 aliphatic carbocycles. The van der Waals surface area contributed by atoms with Gasteiger partial charge in [0.2, 0.25) is 0 Å². The lowest BCUT2D eigenvalue weighted by Gasteiger charge is -2.15. The first-order chi connectivity index (χ1) is 36.9. The molecule has 0 nitrogen and oxygen atoms in total. The van der Waals surface area contributed by atoms with Crippen molar-refractivity contribution in [3.63, 3.8) is 0 Å². The van der Waals surface area contributed by atoms with E-state index in [1.807, 2.05) is 90.0 Å². The molecule has 2 fully saturated rings. The van der Waals surface area contributed by atoms with Gasteiger partial charge in [-0.05, 0) is 57.6 Å². The molecular formula is C67H152F6. The second kappa shape index (κ2) is 71.6. The fourth-order valence-corrected chi connectivity index (χ4v) is 3.21. The van der Waals surface area contributed by atoms with Crippen LogP contribution in [0.1, 0.15) is 387 Å². The Morgan fingerprint density at radius 3 is 0.726 bits per heavy atom. The first-order valence-electron chi connectivity index (χ1n) is 35.0. The van der Waals surface area contributed by atoms with E-state index in [0.717, 1.165) is 31.6 Å². The van der Waals surface area contributed by atoms with Gasteiger partial charge in [-0.3, -0.25) is 0 Å². The summed E-state index contributed by atoms with van der Waals surface area (Å²) in [6, 6.07) is 0. The summed E-state index contributed by atoms with van der Waals surface area (Å²) in [6.07, 6.45) is 4.35. The third-order valence-corrected chi connectivity index (χ3v) is 7.90. The molecule has 0 saturated heterocycles. The van der Waals surface area contributed by atoms with E-state index in [2.05, 4.69) is 76.2 Å². The van der Waals surface area contributed by atoms with Crippen molar-refractivity contribution in [2.75, 3.05) is 0 Å². The van der Waals surface area contributed by atoms with Gasteiger partial charge in [0.25, 0.3) is 0 Å². The minimum Gasteiger partial charge on any atom is -0.171 e. The predicted molar refractivity (Wildman–Crippen MR) is 335 cm³/mol. The van der Waals surface area contributed by atoms with Gasteiger partial charge in [0.1, 0.15) is 0 Å². The van der Waals surface area contributed by atoms with Crippen LogP contribution in [0.3, 0.4) is 0 Å². The van der Waals surface area contributed by atoms with Crippen LogP contribution in [0.25, 0.3) is 0 Å². The molecule has 73 heavy (non-hydrogen) atoms.